The van der Waals surface area contributed by atoms with Crippen molar-refractivity contribution < 1.29 is 4.52 Å². The Morgan fingerprint density at radius 1 is 1.10 bits per heavy atom. The molecule has 2 aromatic heterocycles. The van der Waals surface area contributed by atoms with Gasteiger partial charge in [0.25, 0.3) is 11.4 Å². The highest BCUT2D eigenvalue weighted by molar-refractivity contribution is 6.36. The van der Waals surface area contributed by atoms with Crippen molar-refractivity contribution in [1.29, 1.82) is 0 Å². The first kappa shape index (κ1) is 13.6. The predicted octanol–water partition coefficient (Wildman–Crippen LogP) is 2.09. The zero-order valence-electron chi connectivity index (χ0n) is 10.2. The highest BCUT2D eigenvalue weighted by Crippen LogP contribution is 2.29. The van der Waals surface area contributed by atoms with Crippen LogP contribution in [0.25, 0.3) is 23.0 Å². The van der Waals surface area contributed by atoms with Gasteiger partial charge in [-0.2, -0.15) is 4.98 Å². The van der Waals surface area contributed by atoms with Gasteiger partial charge in [0, 0.05) is 16.7 Å². The SMILES string of the molecule is O=c1cc(-c2nc(-c3ccc(Cl)cc3Cl)no2)[nH]c(=O)[nH]1. The smallest absolute Gasteiger partial charge is 0.326 e. The maximum atomic E-state index is 11.3. The molecule has 0 aliphatic carbocycles. The monoisotopic (exact) mass is 324 g/mol. The van der Waals surface area contributed by atoms with Crippen molar-refractivity contribution in [2.75, 3.05) is 0 Å². The van der Waals surface area contributed by atoms with Gasteiger partial charge in [0.2, 0.25) is 5.82 Å². The molecule has 0 bridgehead atoms. The Balaban J connectivity index is 2.07. The number of aromatic amines is 2. The van der Waals surface area contributed by atoms with Crippen LogP contribution in [0.3, 0.4) is 0 Å². The van der Waals surface area contributed by atoms with Gasteiger partial charge in [0.1, 0.15) is 5.69 Å². The van der Waals surface area contributed by atoms with Crippen molar-refractivity contribution in [3.8, 4) is 23.0 Å². The van der Waals surface area contributed by atoms with E-state index in [0.29, 0.717) is 15.6 Å². The summed E-state index contributed by atoms with van der Waals surface area (Å²) in [5.41, 5.74) is -0.601. The van der Waals surface area contributed by atoms with Gasteiger partial charge in [-0.1, -0.05) is 28.4 Å². The average molecular weight is 325 g/mol. The Hall–Kier alpha value is -2.38. The zero-order valence-corrected chi connectivity index (χ0v) is 11.7. The van der Waals surface area contributed by atoms with Crippen LogP contribution in [-0.2, 0) is 0 Å². The maximum absolute atomic E-state index is 11.3. The number of benzene rings is 1. The molecule has 3 aromatic rings. The lowest BCUT2D eigenvalue weighted by atomic mass is 10.2. The van der Waals surface area contributed by atoms with Crippen molar-refractivity contribution in [3.63, 3.8) is 0 Å². The van der Waals surface area contributed by atoms with E-state index in [0.717, 1.165) is 6.07 Å². The number of rotatable bonds is 2. The van der Waals surface area contributed by atoms with Crippen LogP contribution in [0.2, 0.25) is 10.0 Å². The fourth-order valence-corrected chi connectivity index (χ4v) is 2.19. The Morgan fingerprint density at radius 2 is 1.90 bits per heavy atom. The number of H-pyrrole nitrogens is 2. The third kappa shape index (κ3) is 2.74. The molecule has 0 aliphatic heterocycles. The summed E-state index contributed by atoms with van der Waals surface area (Å²) in [5.74, 6) is 0.215. The van der Waals surface area contributed by atoms with Crippen molar-refractivity contribution in [1.82, 2.24) is 20.1 Å². The number of aromatic nitrogens is 4. The summed E-state index contributed by atoms with van der Waals surface area (Å²) in [7, 11) is 0. The minimum atomic E-state index is -0.665. The number of nitrogens with zero attached hydrogens (tertiary/aromatic N) is 2. The van der Waals surface area contributed by atoms with Crippen LogP contribution in [0, 0.1) is 0 Å². The molecule has 0 radical (unpaired) electrons. The topological polar surface area (TPSA) is 105 Å². The van der Waals surface area contributed by atoms with Crippen molar-refractivity contribution in [2.45, 2.75) is 0 Å². The number of nitrogens with one attached hydrogen (secondary N) is 2. The molecule has 3 rings (SSSR count). The van der Waals surface area contributed by atoms with Gasteiger partial charge in [-0.25, -0.2) is 4.79 Å². The Labute approximate surface area is 126 Å². The van der Waals surface area contributed by atoms with Crippen molar-refractivity contribution in [3.05, 3.63) is 55.1 Å². The Bertz CT molecular complexity index is 900. The molecule has 0 amide bonds. The van der Waals surface area contributed by atoms with Crippen LogP contribution in [-0.4, -0.2) is 20.1 Å². The molecular formula is C12H6Cl2N4O3. The molecule has 2 heterocycles. The molecule has 2 N–H and O–H groups in total. The second-order valence-corrected chi connectivity index (χ2v) is 4.89. The predicted molar refractivity (Wildman–Crippen MR) is 76.4 cm³/mol. The summed E-state index contributed by atoms with van der Waals surface area (Å²) in [6, 6.07) is 5.96. The van der Waals surface area contributed by atoms with Crippen molar-refractivity contribution in [2.24, 2.45) is 0 Å². The van der Waals surface area contributed by atoms with Gasteiger partial charge >= 0.3 is 5.69 Å². The lowest BCUT2D eigenvalue weighted by Crippen LogP contribution is -2.21. The molecule has 0 spiro atoms. The van der Waals surface area contributed by atoms with Gasteiger partial charge in [-0.15, -0.1) is 0 Å². The number of halogens is 2. The molecule has 0 atom stereocenters. The van der Waals surface area contributed by atoms with E-state index < -0.39 is 11.2 Å². The molecule has 106 valence electrons. The van der Waals surface area contributed by atoms with E-state index in [2.05, 4.69) is 15.1 Å². The Morgan fingerprint density at radius 3 is 2.62 bits per heavy atom. The molecule has 0 saturated carbocycles. The summed E-state index contributed by atoms with van der Waals surface area (Å²) in [6.07, 6.45) is 0. The van der Waals surface area contributed by atoms with Crippen LogP contribution >= 0.6 is 23.2 Å². The molecule has 1 aromatic carbocycles. The quantitative estimate of drug-likeness (QED) is 0.750. The first-order valence-electron chi connectivity index (χ1n) is 5.66. The largest absolute Gasteiger partial charge is 0.332 e. The number of hydrogen-bond donors (Lipinski definition) is 2. The molecule has 9 heteroatoms. The van der Waals surface area contributed by atoms with Gasteiger partial charge in [0.05, 0.1) is 5.02 Å². The zero-order chi connectivity index (χ0) is 15.0. The Kier molecular flexibility index (Phi) is 3.36. The molecule has 0 saturated heterocycles. The minimum Gasteiger partial charge on any atom is -0.332 e. The van der Waals surface area contributed by atoms with E-state index in [1.807, 2.05) is 4.98 Å². The summed E-state index contributed by atoms with van der Waals surface area (Å²) in [4.78, 5) is 31.0. The van der Waals surface area contributed by atoms with E-state index in [4.69, 9.17) is 27.7 Å². The van der Waals surface area contributed by atoms with Crippen molar-refractivity contribution >= 4 is 23.2 Å². The van der Waals surface area contributed by atoms with Gasteiger partial charge in [0.15, 0.2) is 0 Å². The molecule has 0 aliphatic rings. The fraction of sp³-hybridized carbons (Fsp3) is 0. The van der Waals surface area contributed by atoms with Gasteiger partial charge in [-0.3, -0.25) is 9.78 Å². The summed E-state index contributed by atoms with van der Waals surface area (Å²) in [5, 5.41) is 4.60. The second kappa shape index (κ2) is 5.19. The second-order valence-electron chi connectivity index (χ2n) is 4.05. The molecule has 21 heavy (non-hydrogen) atoms. The average Bonchev–Trinajstić information content (AvgIpc) is 2.87. The van der Waals surface area contributed by atoms with Gasteiger partial charge in [-0.05, 0) is 18.2 Å². The van der Waals surface area contributed by atoms with Crippen LogP contribution in [0.5, 0.6) is 0 Å². The van der Waals surface area contributed by atoms with E-state index in [1.54, 1.807) is 18.2 Å². The lowest BCUT2D eigenvalue weighted by Gasteiger charge is -1.98. The molecule has 0 fully saturated rings. The van der Waals surface area contributed by atoms with E-state index >= 15 is 0 Å². The standard InChI is InChI=1S/C12H6Cl2N4O3/c13-5-1-2-6(7(14)3-5)10-17-11(21-18-10)8-4-9(19)16-12(20)15-8/h1-4H,(H2,15,16,19,20). The lowest BCUT2D eigenvalue weighted by molar-refractivity contribution is 0.430. The van der Waals surface area contributed by atoms with Crippen LogP contribution in [0.15, 0.2) is 38.4 Å². The third-order valence-electron chi connectivity index (χ3n) is 2.59. The van der Waals surface area contributed by atoms with E-state index in [1.165, 1.54) is 0 Å². The van der Waals surface area contributed by atoms with Crippen LogP contribution < -0.4 is 11.2 Å². The first-order valence-corrected chi connectivity index (χ1v) is 6.42. The van der Waals surface area contributed by atoms with E-state index in [-0.39, 0.29) is 17.4 Å². The van der Waals surface area contributed by atoms with Crippen LogP contribution in [0.1, 0.15) is 0 Å². The highest BCUT2D eigenvalue weighted by atomic mass is 35.5. The minimum absolute atomic E-state index is 0.000725. The first-order chi connectivity index (χ1) is 10.0. The maximum Gasteiger partial charge on any atom is 0.326 e. The highest BCUT2D eigenvalue weighted by Gasteiger charge is 2.14. The molecule has 0 unspecified atom stereocenters. The van der Waals surface area contributed by atoms with E-state index in [9.17, 15) is 9.59 Å². The summed E-state index contributed by atoms with van der Waals surface area (Å²) >= 11 is 11.9. The molecular weight excluding hydrogens is 319 g/mol. The summed E-state index contributed by atoms with van der Waals surface area (Å²) in [6.45, 7) is 0. The summed E-state index contributed by atoms with van der Waals surface area (Å²) < 4.78 is 5.02. The molecule has 7 nitrogen and oxygen atoms in total. The van der Waals surface area contributed by atoms with Gasteiger partial charge < -0.3 is 9.51 Å². The van der Waals surface area contributed by atoms with Crippen LogP contribution in [0.4, 0.5) is 0 Å². The number of hydrogen-bond acceptors (Lipinski definition) is 5. The third-order valence-corrected chi connectivity index (χ3v) is 3.14. The fourth-order valence-electron chi connectivity index (χ4n) is 1.70. The normalized spacial score (nSPS) is 10.8.